The molecule has 1 heterocycles. The number of aromatic nitrogens is 1. The number of thiazole rings is 1. The van der Waals surface area contributed by atoms with Crippen LogP contribution in [0.25, 0.3) is 10.4 Å². The molecule has 1 saturated carbocycles. The van der Waals surface area contributed by atoms with Crippen molar-refractivity contribution >= 4 is 17.2 Å². The number of hydrogen-bond acceptors (Lipinski definition) is 4. The standard InChI is InChI=1S/C17H20N2O2S/c1-11-18-15(16(22-11)12-7-3-2-4-8-12)17(21)19-13-9-5-6-10-14(13)20/h2-4,7-8,13-14,20H,5-6,9-10H2,1H3,(H,19,21)/t13-,14-/m0/s1. The second kappa shape index (κ2) is 6.58. The third-order valence-corrected chi connectivity index (χ3v) is 5.05. The molecule has 0 bridgehead atoms. The van der Waals surface area contributed by atoms with Crippen molar-refractivity contribution in [2.24, 2.45) is 0 Å². The van der Waals surface area contributed by atoms with Gasteiger partial charge in [-0.2, -0.15) is 0 Å². The van der Waals surface area contributed by atoms with Gasteiger partial charge in [0.15, 0.2) is 0 Å². The number of nitrogens with zero attached hydrogens (tertiary/aromatic N) is 1. The van der Waals surface area contributed by atoms with E-state index in [1.807, 2.05) is 37.3 Å². The predicted molar refractivity (Wildman–Crippen MR) is 88.0 cm³/mol. The minimum atomic E-state index is -0.447. The number of carbonyl (C=O) groups is 1. The first-order valence-corrected chi connectivity index (χ1v) is 8.48. The van der Waals surface area contributed by atoms with Crippen LogP contribution >= 0.6 is 11.3 Å². The summed E-state index contributed by atoms with van der Waals surface area (Å²) in [5.74, 6) is -0.186. The molecule has 1 fully saturated rings. The average Bonchev–Trinajstić information content (AvgIpc) is 2.92. The zero-order chi connectivity index (χ0) is 15.5. The first-order valence-electron chi connectivity index (χ1n) is 7.67. The van der Waals surface area contributed by atoms with Crippen molar-refractivity contribution in [3.63, 3.8) is 0 Å². The van der Waals surface area contributed by atoms with E-state index in [1.54, 1.807) is 0 Å². The predicted octanol–water partition coefficient (Wildman–Crippen LogP) is 3.15. The lowest BCUT2D eigenvalue weighted by atomic mass is 9.92. The van der Waals surface area contributed by atoms with E-state index < -0.39 is 6.10 Å². The van der Waals surface area contributed by atoms with Crippen LogP contribution < -0.4 is 5.32 Å². The van der Waals surface area contributed by atoms with Crippen LogP contribution in [0.3, 0.4) is 0 Å². The van der Waals surface area contributed by atoms with E-state index in [2.05, 4.69) is 10.3 Å². The van der Waals surface area contributed by atoms with Crippen molar-refractivity contribution in [3.8, 4) is 10.4 Å². The Labute approximate surface area is 134 Å². The minimum Gasteiger partial charge on any atom is -0.391 e. The molecule has 1 aromatic carbocycles. The van der Waals surface area contributed by atoms with Crippen molar-refractivity contribution in [1.29, 1.82) is 0 Å². The van der Waals surface area contributed by atoms with E-state index in [0.717, 1.165) is 41.1 Å². The Bertz CT molecular complexity index is 654. The number of nitrogens with one attached hydrogen (secondary N) is 1. The highest BCUT2D eigenvalue weighted by atomic mass is 32.1. The molecule has 1 amide bonds. The van der Waals surface area contributed by atoms with Gasteiger partial charge in [-0.15, -0.1) is 11.3 Å². The molecule has 116 valence electrons. The molecule has 2 atom stereocenters. The normalized spacial score (nSPS) is 21.5. The van der Waals surface area contributed by atoms with Crippen LogP contribution in [0.15, 0.2) is 30.3 Å². The van der Waals surface area contributed by atoms with Gasteiger partial charge in [-0.3, -0.25) is 4.79 Å². The lowest BCUT2D eigenvalue weighted by Gasteiger charge is -2.28. The van der Waals surface area contributed by atoms with E-state index in [-0.39, 0.29) is 11.9 Å². The third kappa shape index (κ3) is 3.20. The van der Waals surface area contributed by atoms with Crippen molar-refractivity contribution in [1.82, 2.24) is 10.3 Å². The number of hydrogen-bond donors (Lipinski definition) is 2. The number of benzene rings is 1. The lowest BCUT2D eigenvalue weighted by molar-refractivity contribution is 0.0714. The highest BCUT2D eigenvalue weighted by Crippen LogP contribution is 2.30. The Morgan fingerprint density at radius 1 is 1.27 bits per heavy atom. The van der Waals surface area contributed by atoms with Gasteiger partial charge >= 0.3 is 0 Å². The first kappa shape index (κ1) is 15.2. The lowest BCUT2D eigenvalue weighted by Crippen LogP contribution is -2.45. The molecule has 5 heteroatoms. The topological polar surface area (TPSA) is 62.2 Å². The maximum atomic E-state index is 12.6. The van der Waals surface area contributed by atoms with Crippen molar-refractivity contribution < 1.29 is 9.90 Å². The Morgan fingerprint density at radius 2 is 2.00 bits per heavy atom. The van der Waals surface area contributed by atoms with E-state index in [4.69, 9.17) is 0 Å². The highest BCUT2D eigenvalue weighted by molar-refractivity contribution is 7.15. The summed E-state index contributed by atoms with van der Waals surface area (Å²) >= 11 is 1.52. The van der Waals surface area contributed by atoms with Crippen molar-refractivity contribution in [2.45, 2.75) is 44.8 Å². The van der Waals surface area contributed by atoms with E-state index >= 15 is 0 Å². The second-order valence-corrected chi connectivity index (χ2v) is 6.91. The van der Waals surface area contributed by atoms with E-state index in [0.29, 0.717) is 5.69 Å². The maximum absolute atomic E-state index is 12.6. The Kier molecular flexibility index (Phi) is 4.55. The number of rotatable bonds is 3. The van der Waals surface area contributed by atoms with Gasteiger partial charge in [0.1, 0.15) is 5.69 Å². The van der Waals surface area contributed by atoms with Crippen LogP contribution in [0.2, 0.25) is 0 Å². The van der Waals surface area contributed by atoms with Gasteiger partial charge in [0.2, 0.25) is 0 Å². The molecule has 1 aromatic heterocycles. The molecule has 1 aliphatic rings. The van der Waals surface area contributed by atoms with Gasteiger partial charge < -0.3 is 10.4 Å². The first-order chi connectivity index (χ1) is 10.6. The van der Waals surface area contributed by atoms with Crippen LogP contribution in [-0.4, -0.2) is 28.1 Å². The van der Waals surface area contributed by atoms with Gasteiger partial charge in [0, 0.05) is 0 Å². The molecule has 0 aliphatic heterocycles. The fourth-order valence-electron chi connectivity index (χ4n) is 2.88. The van der Waals surface area contributed by atoms with Gasteiger partial charge in [-0.25, -0.2) is 4.98 Å². The number of aliphatic hydroxyl groups is 1. The number of aliphatic hydroxyl groups excluding tert-OH is 1. The highest BCUT2D eigenvalue weighted by Gasteiger charge is 2.27. The molecular weight excluding hydrogens is 296 g/mol. The summed E-state index contributed by atoms with van der Waals surface area (Å²) in [5, 5.41) is 13.9. The molecule has 2 aromatic rings. The van der Waals surface area contributed by atoms with Crippen LogP contribution in [0, 0.1) is 6.92 Å². The molecule has 3 rings (SSSR count). The fraction of sp³-hybridized carbons (Fsp3) is 0.412. The summed E-state index contributed by atoms with van der Waals surface area (Å²) in [4.78, 5) is 17.9. The summed E-state index contributed by atoms with van der Waals surface area (Å²) in [5.41, 5.74) is 1.47. The third-order valence-electron chi connectivity index (χ3n) is 4.03. The smallest absolute Gasteiger partial charge is 0.271 e. The second-order valence-electron chi connectivity index (χ2n) is 5.71. The zero-order valence-electron chi connectivity index (χ0n) is 12.6. The Balaban J connectivity index is 1.84. The van der Waals surface area contributed by atoms with Gasteiger partial charge in [-0.05, 0) is 25.3 Å². The largest absolute Gasteiger partial charge is 0.391 e. The molecule has 0 unspecified atom stereocenters. The average molecular weight is 316 g/mol. The molecule has 0 spiro atoms. The zero-order valence-corrected chi connectivity index (χ0v) is 13.4. The molecule has 2 N–H and O–H groups in total. The summed E-state index contributed by atoms with van der Waals surface area (Å²) in [6.07, 6.45) is 3.21. The summed E-state index contributed by atoms with van der Waals surface area (Å²) in [6.45, 7) is 1.91. The Hall–Kier alpha value is -1.72. The SMILES string of the molecule is Cc1nc(C(=O)N[C@H]2CCCC[C@@H]2O)c(-c2ccccc2)s1. The van der Waals surface area contributed by atoms with Crippen molar-refractivity contribution in [2.75, 3.05) is 0 Å². The van der Waals surface area contributed by atoms with Crippen LogP contribution in [0.5, 0.6) is 0 Å². The maximum Gasteiger partial charge on any atom is 0.271 e. The van der Waals surface area contributed by atoms with Gasteiger partial charge in [0.05, 0.1) is 22.0 Å². The monoisotopic (exact) mass is 316 g/mol. The molecular formula is C17H20N2O2S. The van der Waals surface area contributed by atoms with Crippen LogP contribution in [0.4, 0.5) is 0 Å². The quantitative estimate of drug-likeness (QED) is 0.914. The Morgan fingerprint density at radius 3 is 2.73 bits per heavy atom. The van der Waals surface area contributed by atoms with E-state index in [9.17, 15) is 9.90 Å². The number of amides is 1. The summed E-state index contributed by atoms with van der Waals surface area (Å²) < 4.78 is 0. The summed E-state index contributed by atoms with van der Waals surface area (Å²) in [6, 6.07) is 9.67. The van der Waals surface area contributed by atoms with Crippen LogP contribution in [-0.2, 0) is 0 Å². The van der Waals surface area contributed by atoms with Crippen LogP contribution in [0.1, 0.15) is 41.2 Å². The molecule has 1 aliphatic carbocycles. The molecule has 4 nitrogen and oxygen atoms in total. The summed E-state index contributed by atoms with van der Waals surface area (Å²) in [7, 11) is 0. The van der Waals surface area contributed by atoms with Crippen molar-refractivity contribution in [3.05, 3.63) is 41.0 Å². The van der Waals surface area contributed by atoms with Gasteiger partial charge in [0.25, 0.3) is 5.91 Å². The number of aryl methyl sites for hydroxylation is 1. The van der Waals surface area contributed by atoms with E-state index in [1.165, 1.54) is 11.3 Å². The molecule has 22 heavy (non-hydrogen) atoms. The minimum absolute atomic E-state index is 0.160. The number of carbonyl (C=O) groups excluding carboxylic acids is 1. The molecule has 0 radical (unpaired) electrons. The fourth-order valence-corrected chi connectivity index (χ4v) is 3.80. The molecule has 0 saturated heterocycles. The van der Waals surface area contributed by atoms with Gasteiger partial charge in [-0.1, -0.05) is 43.2 Å².